The normalized spacial score (nSPS) is 14.4. The molecule has 0 atom stereocenters. The summed E-state index contributed by atoms with van der Waals surface area (Å²) in [5.41, 5.74) is 0. The van der Waals surface area contributed by atoms with Gasteiger partial charge in [0.25, 0.3) is 0 Å². The Morgan fingerprint density at radius 2 is 2.35 bits per heavy atom. The van der Waals surface area contributed by atoms with Gasteiger partial charge in [-0.25, -0.2) is 9.78 Å². The van der Waals surface area contributed by atoms with Crippen LogP contribution in [0.4, 0.5) is 4.79 Å². The molecule has 2 rings (SSSR count). The summed E-state index contributed by atoms with van der Waals surface area (Å²) in [5.74, 6) is 4.20. The highest BCUT2D eigenvalue weighted by Crippen LogP contribution is 2.38. The summed E-state index contributed by atoms with van der Waals surface area (Å²) in [5, 5.41) is 4.86. The summed E-state index contributed by atoms with van der Waals surface area (Å²) >= 11 is 1.36. The number of rotatable bonds is 3. The van der Waals surface area contributed by atoms with Gasteiger partial charge in [-0.05, 0) is 12.8 Å². The van der Waals surface area contributed by atoms with Crippen LogP contribution in [-0.4, -0.2) is 45.5 Å². The number of carbonyl (C=O) groups is 1. The van der Waals surface area contributed by atoms with E-state index in [2.05, 4.69) is 16.0 Å². The first kappa shape index (κ1) is 12.0. The molecule has 0 bridgehead atoms. The zero-order chi connectivity index (χ0) is 12.4. The zero-order valence-electron chi connectivity index (χ0n) is 9.88. The number of hydrogen-bond donors (Lipinski definition) is 0. The molecule has 0 N–H and O–H groups in total. The van der Waals surface area contributed by atoms with Crippen molar-refractivity contribution in [3.63, 3.8) is 0 Å². The van der Waals surface area contributed by atoms with Gasteiger partial charge in [0.1, 0.15) is 0 Å². The fraction of sp³-hybridized carbons (Fsp3) is 0.545. The van der Waals surface area contributed by atoms with E-state index in [0.717, 1.165) is 18.7 Å². The Morgan fingerprint density at radius 1 is 1.65 bits per heavy atom. The van der Waals surface area contributed by atoms with Gasteiger partial charge in [-0.3, -0.25) is 0 Å². The van der Waals surface area contributed by atoms with Crippen molar-refractivity contribution in [2.45, 2.75) is 23.9 Å². The number of carbonyl (C=O) groups excluding carboxylic acids is 1. The number of aromatic nitrogens is 3. The molecule has 1 aromatic rings. The second-order valence-corrected chi connectivity index (χ2v) is 5.05. The molecule has 0 spiro atoms. The van der Waals surface area contributed by atoms with E-state index in [-0.39, 0.29) is 6.03 Å². The Labute approximate surface area is 105 Å². The summed E-state index contributed by atoms with van der Waals surface area (Å²) in [7, 11) is 3.38. The third kappa shape index (κ3) is 2.61. The summed E-state index contributed by atoms with van der Waals surface area (Å²) < 4.78 is 1.34. The number of hydrogen-bond acceptors (Lipinski definition) is 4. The molecule has 0 radical (unpaired) electrons. The van der Waals surface area contributed by atoms with Crippen LogP contribution < -0.4 is 0 Å². The van der Waals surface area contributed by atoms with Crippen molar-refractivity contribution in [2.24, 2.45) is 0 Å². The van der Waals surface area contributed by atoms with E-state index >= 15 is 0 Å². The molecule has 1 fully saturated rings. The monoisotopic (exact) mass is 250 g/mol. The molecule has 1 amide bonds. The van der Waals surface area contributed by atoms with Gasteiger partial charge < -0.3 is 4.90 Å². The summed E-state index contributed by atoms with van der Waals surface area (Å²) in [6.07, 6.45) is 7.44. The minimum Gasteiger partial charge on any atom is -0.329 e. The van der Waals surface area contributed by atoms with Crippen molar-refractivity contribution in [3.8, 4) is 12.3 Å². The Balaban J connectivity index is 2.27. The predicted molar refractivity (Wildman–Crippen MR) is 66.0 cm³/mol. The van der Waals surface area contributed by atoms with E-state index in [9.17, 15) is 4.79 Å². The molecule has 1 aliphatic carbocycles. The lowest BCUT2D eigenvalue weighted by atomic mass is 10.4. The molecule has 0 aromatic carbocycles. The molecular formula is C11H14N4OS. The largest absolute Gasteiger partial charge is 0.346 e. The molecule has 0 unspecified atom stereocenters. The van der Waals surface area contributed by atoms with Crippen LogP contribution in [0.5, 0.6) is 0 Å². The summed E-state index contributed by atoms with van der Waals surface area (Å²) in [4.78, 5) is 17.8. The lowest BCUT2D eigenvalue weighted by Gasteiger charge is -2.10. The molecule has 1 aliphatic rings. The predicted octanol–water partition coefficient (Wildman–Crippen LogP) is 1.41. The molecule has 0 aliphatic heterocycles. The lowest BCUT2D eigenvalue weighted by molar-refractivity contribution is 0.213. The van der Waals surface area contributed by atoms with Gasteiger partial charge in [0.15, 0.2) is 11.0 Å². The van der Waals surface area contributed by atoms with Gasteiger partial charge in [-0.1, -0.05) is 17.7 Å². The molecule has 0 saturated heterocycles. The van der Waals surface area contributed by atoms with E-state index in [1.165, 1.54) is 21.3 Å². The van der Waals surface area contributed by atoms with Crippen LogP contribution in [0.1, 0.15) is 24.6 Å². The Bertz CT molecular complexity index is 470. The highest BCUT2D eigenvalue weighted by Gasteiger charge is 2.30. The van der Waals surface area contributed by atoms with Gasteiger partial charge in [-0.2, -0.15) is 4.68 Å². The Hall–Kier alpha value is -1.48. The zero-order valence-corrected chi connectivity index (χ0v) is 10.7. The van der Waals surface area contributed by atoms with Crippen LogP contribution in [0.3, 0.4) is 0 Å². The highest BCUT2D eigenvalue weighted by molar-refractivity contribution is 7.99. The first-order chi connectivity index (χ1) is 8.13. The molecule has 1 heterocycles. The lowest BCUT2D eigenvalue weighted by Crippen LogP contribution is -2.28. The van der Waals surface area contributed by atoms with E-state index in [4.69, 9.17) is 6.42 Å². The average molecular weight is 250 g/mol. The van der Waals surface area contributed by atoms with Gasteiger partial charge in [0, 0.05) is 20.0 Å². The Kier molecular flexibility index (Phi) is 3.38. The summed E-state index contributed by atoms with van der Waals surface area (Å²) in [6, 6.07) is -0.191. The fourth-order valence-corrected chi connectivity index (χ4v) is 1.95. The fourth-order valence-electron chi connectivity index (χ4n) is 1.34. The molecule has 17 heavy (non-hydrogen) atoms. The summed E-state index contributed by atoms with van der Waals surface area (Å²) in [6.45, 7) is 0. The van der Waals surface area contributed by atoms with Crippen LogP contribution in [0.15, 0.2) is 5.16 Å². The first-order valence-electron chi connectivity index (χ1n) is 5.38. The van der Waals surface area contributed by atoms with Crippen molar-refractivity contribution in [1.82, 2.24) is 19.7 Å². The SMILES string of the molecule is C#CCSc1nc(C2CC2)nn1C(=O)N(C)C. The smallest absolute Gasteiger partial charge is 0.329 e. The van der Waals surface area contributed by atoms with Crippen LogP contribution in [0.25, 0.3) is 0 Å². The van der Waals surface area contributed by atoms with E-state index < -0.39 is 0 Å². The van der Waals surface area contributed by atoms with Gasteiger partial charge in [0.2, 0.25) is 0 Å². The minimum atomic E-state index is -0.191. The maximum atomic E-state index is 11.9. The van der Waals surface area contributed by atoms with E-state index in [1.807, 2.05) is 0 Å². The molecule has 90 valence electrons. The maximum Gasteiger partial charge on any atom is 0.346 e. The average Bonchev–Trinajstić information content (AvgIpc) is 3.06. The van der Waals surface area contributed by atoms with Crippen molar-refractivity contribution < 1.29 is 4.79 Å². The second-order valence-electron chi connectivity index (χ2n) is 4.11. The van der Waals surface area contributed by atoms with Crippen LogP contribution >= 0.6 is 11.8 Å². The molecular weight excluding hydrogens is 236 g/mol. The Morgan fingerprint density at radius 3 is 2.88 bits per heavy atom. The molecule has 1 aromatic heterocycles. The third-order valence-electron chi connectivity index (χ3n) is 2.38. The number of terminal acetylenes is 1. The van der Waals surface area contributed by atoms with Gasteiger partial charge >= 0.3 is 6.03 Å². The van der Waals surface area contributed by atoms with Crippen LogP contribution in [0, 0.1) is 12.3 Å². The first-order valence-corrected chi connectivity index (χ1v) is 6.37. The number of nitrogens with zero attached hydrogens (tertiary/aromatic N) is 4. The van der Waals surface area contributed by atoms with Crippen LogP contribution in [0.2, 0.25) is 0 Å². The van der Waals surface area contributed by atoms with Crippen molar-refractivity contribution in [2.75, 3.05) is 19.8 Å². The van der Waals surface area contributed by atoms with Crippen molar-refractivity contribution >= 4 is 17.8 Å². The molecule has 6 heteroatoms. The molecule has 1 saturated carbocycles. The standard InChI is InChI=1S/C11H14N4OS/c1-4-7-17-10-12-9(8-5-6-8)13-15(10)11(16)14(2)3/h1,8H,5-7H2,2-3H3. The van der Waals surface area contributed by atoms with Gasteiger partial charge in [0.05, 0.1) is 5.75 Å². The van der Waals surface area contributed by atoms with Crippen molar-refractivity contribution in [3.05, 3.63) is 5.82 Å². The second kappa shape index (κ2) is 4.80. The van der Waals surface area contributed by atoms with E-state index in [1.54, 1.807) is 14.1 Å². The minimum absolute atomic E-state index is 0.191. The van der Waals surface area contributed by atoms with Crippen LogP contribution in [-0.2, 0) is 0 Å². The van der Waals surface area contributed by atoms with Gasteiger partial charge in [-0.15, -0.1) is 11.5 Å². The third-order valence-corrected chi connectivity index (χ3v) is 3.22. The highest BCUT2D eigenvalue weighted by atomic mass is 32.2. The quantitative estimate of drug-likeness (QED) is 0.601. The van der Waals surface area contributed by atoms with Crippen molar-refractivity contribution in [1.29, 1.82) is 0 Å². The maximum absolute atomic E-state index is 11.9. The number of amides is 1. The molecule has 5 nitrogen and oxygen atoms in total. The van der Waals surface area contributed by atoms with E-state index in [0.29, 0.717) is 16.8 Å². The number of thioether (sulfide) groups is 1. The topological polar surface area (TPSA) is 51.0 Å².